The number of ether oxygens (including phenoxy) is 4. The zero-order valence-electron chi connectivity index (χ0n) is 47.1. The summed E-state index contributed by atoms with van der Waals surface area (Å²) in [4.78, 5) is 12.2. The third-order valence-electron chi connectivity index (χ3n) is 13.7. The zero-order chi connectivity index (χ0) is 56.8. The summed E-state index contributed by atoms with van der Waals surface area (Å²) in [5.41, 5.74) is 19.6. The molecule has 8 aromatic rings. The molecule has 0 amide bonds. The van der Waals surface area contributed by atoms with Crippen molar-refractivity contribution in [1.29, 1.82) is 15.8 Å². The van der Waals surface area contributed by atoms with Gasteiger partial charge in [0, 0.05) is 85.4 Å². The Labute approximate surface area is 518 Å². The first-order valence-electron chi connectivity index (χ1n) is 26.9. The summed E-state index contributed by atoms with van der Waals surface area (Å²) in [6.07, 6.45) is 2.86. The van der Waals surface area contributed by atoms with Gasteiger partial charge < -0.3 is 33.7 Å². The van der Waals surface area contributed by atoms with Gasteiger partial charge in [-0.1, -0.05) is 164 Å². The summed E-state index contributed by atoms with van der Waals surface area (Å²) in [6.45, 7) is 6.94. The van der Waals surface area contributed by atoms with Crippen LogP contribution in [0, 0.1) is 34.0 Å². The van der Waals surface area contributed by atoms with Crippen molar-refractivity contribution in [3.63, 3.8) is 0 Å². The molecule has 4 heterocycles. The molecule has 0 saturated heterocycles. The predicted molar refractivity (Wildman–Crippen MR) is 322 cm³/mol. The second kappa shape index (κ2) is 32.9. The minimum absolute atomic E-state index is 0. The first kappa shape index (κ1) is 64.6. The minimum Gasteiger partial charge on any atom is -0.489 e. The molecule has 2 unspecified atom stereocenters. The van der Waals surface area contributed by atoms with E-state index in [0.29, 0.717) is 69.8 Å². The van der Waals surface area contributed by atoms with E-state index in [9.17, 15) is 9.36 Å². The summed E-state index contributed by atoms with van der Waals surface area (Å²) in [6, 6.07) is 70.0. The van der Waals surface area contributed by atoms with Crippen LogP contribution in [0.1, 0.15) is 110 Å². The van der Waals surface area contributed by atoms with Crippen LogP contribution in [0.25, 0.3) is 5.57 Å². The molecule has 415 valence electrons. The molecule has 0 aromatic heterocycles. The number of carbonyl (C=O) groups excluding carboxylic acids is 1. The molecule has 0 fully saturated rings. The van der Waals surface area contributed by atoms with Gasteiger partial charge in [0.2, 0.25) is 0 Å². The number of ketones is 1. The molecular formula is C68H65AlHgN4O8P. The topological polar surface area (TPSA) is 187 Å². The Morgan fingerprint density at radius 2 is 0.892 bits per heavy atom. The van der Waals surface area contributed by atoms with Gasteiger partial charge in [0.05, 0.1) is 37.0 Å². The predicted octanol–water partition coefficient (Wildman–Crippen LogP) is 13.9. The molecule has 0 spiro atoms. The van der Waals surface area contributed by atoms with E-state index >= 15 is 0 Å². The van der Waals surface area contributed by atoms with Gasteiger partial charge in [0.1, 0.15) is 72.9 Å². The van der Waals surface area contributed by atoms with Crippen molar-refractivity contribution >= 4 is 36.3 Å². The third kappa shape index (κ3) is 16.6. The first-order valence-corrected chi connectivity index (χ1v) is 28.6. The van der Waals surface area contributed by atoms with Gasteiger partial charge >= 0.3 is 7.60 Å². The number of fused-ring (bicyclic) bond motifs is 8. The molecule has 2 N–H and O–H groups in total. The van der Waals surface area contributed by atoms with Crippen molar-refractivity contribution in [2.75, 3.05) is 25.9 Å². The van der Waals surface area contributed by atoms with Crippen LogP contribution in [0.15, 0.2) is 200 Å². The molecule has 15 heteroatoms. The van der Waals surface area contributed by atoms with Crippen molar-refractivity contribution in [2.45, 2.75) is 65.0 Å². The Morgan fingerprint density at radius 1 is 0.506 bits per heavy atom. The van der Waals surface area contributed by atoms with Crippen LogP contribution in [0.4, 0.5) is 0 Å². The van der Waals surface area contributed by atoms with Gasteiger partial charge in [0.25, 0.3) is 0 Å². The fraction of sp³-hybridized carbons (Fsp3) is 0.206. The fourth-order valence-corrected chi connectivity index (χ4v) is 11.3. The summed E-state index contributed by atoms with van der Waals surface area (Å²) >= 11 is 0. The number of para-hydroxylation sites is 4. The number of rotatable bonds is 8. The normalized spacial score (nSPS) is 14.7. The van der Waals surface area contributed by atoms with Crippen LogP contribution in [-0.2, 0) is 67.7 Å². The Kier molecular flexibility index (Phi) is 25.6. The Hall–Kier alpha value is -7.58. The van der Waals surface area contributed by atoms with E-state index in [2.05, 4.69) is 66.7 Å². The molecule has 8 aromatic carbocycles. The molecule has 0 bridgehead atoms. The quantitative estimate of drug-likeness (QED) is 0.0863. The summed E-state index contributed by atoms with van der Waals surface area (Å²) in [5.74, 6) is 3.90. The van der Waals surface area contributed by atoms with Crippen molar-refractivity contribution in [3.8, 4) is 41.2 Å². The first-order chi connectivity index (χ1) is 39.7. The van der Waals surface area contributed by atoms with E-state index in [1.807, 2.05) is 133 Å². The van der Waals surface area contributed by atoms with Crippen molar-refractivity contribution in [2.24, 2.45) is 5.73 Å². The summed E-state index contributed by atoms with van der Waals surface area (Å²) in [5, 5.41) is 26.3. The van der Waals surface area contributed by atoms with Gasteiger partial charge in [-0.3, -0.25) is 9.36 Å². The molecule has 12 nitrogen and oxygen atoms in total. The number of carbonyl (C=O) groups is 1. The molecule has 2 atom stereocenters. The molecule has 0 aliphatic carbocycles. The zero-order valence-corrected chi connectivity index (χ0v) is 55.5. The number of nitriles is 3. The van der Waals surface area contributed by atoms with E-state index in [-0.39, 0.29) is 62.9 Å². The van der Waals surface area contributed by atoms with Crippen molar-refractivity contribution in [3.05, 3.63) is 267 Å². The second-order valence-electron chi connectivity index (χ2n) is 18.8. The van der Waals surface area contributed by atoms with Crippen LogP contribution < -0.4 is 24.7 Å². The Bertz CT molecular complexity index is 3460. The fourth-order valence-electron chi connectivity index (χ4n) is 10.0. The van der Waals surface area contributed by atoms with Crippen LogP contribution in [0.3, 0.4) is 0 Å². The number of nitrogens with two attached hydrogens (primary N) is 1. The smallest absolute Gasteiger partial charge is 0.344 e. The molecule has 83 heavy (non-hydrogen) atoms. The molecular weight excluding hydrogens is 1260 g/mol. The monoisotopic (exact) mass is 1330 g/mol. The third-order valence-corrected chi connectivity index (χ3v) is 15.6. The molecule has 12 rings (SSSR count). The number of hydrogen-bond donors (Lipinski definition) is 1. The van der Waals surface area contributed by atoms with Gasteiger partial charge in [-0.05, 0) is 90.5 Å². The van der Waals surface area contributed by atoms with Gasteiger partial charge in [-0.2, -0.15) is 15.8 Å². The standard InChI is InChI=1S/C16H17NO.C16H13NO.C16H11NO.C14H10O2.C6H12NO3P.Al.Hg.2H/c3*17-10-9-14-13-6-2-1-5-12(13)11-18-16-8-4-3-7-15(14)16;15-14-11-6-2-1-5-10(11)9-16-13-8-4-3-7-12(13)14;1-3-9-11(8,6-5-7)10-4-2;;;;/h1-8,14H,9-11,17H2;1-8,14H,9,11H2;1-9H,11H2;1-8H,9H2;3-4,6H2,1-2H3;;;;/b;;14-9+;;;;;;. The van der Waals surface area contributed by atoms with Crippen LogP contribution >= 0.6 is 7.60 Å². The minimum atomic E-state index is -3.08. The number of benzene rings is 8. The van der Waals surface area contributed by atoms with E-state index in [0.717, 1.165) is 62.6 Å². The SMILES string of the molecule is CCOP(=O)(CC#N)OCC.N#C/C=C1\c2ccccc2COc2ccccc21.N#CCC1c2ccccc2COc2ccccc21.NCCC1c2ccccc2COc2ccccc21.O=C1c2ccccc2COc2ccccc21.[AlH2].[Hg]. The van der Waals surface area contributed by atoms with Crippen molar-refractivity contribution in [1.82, 2.24) is 0 Å². The van der Waals surface area contributed by atoms with Crippen LogP contribution in [-0.4, -0.2) is 49.1 Å². The average molecular weight is 1320 g/mol. The number of allylic oxidation sites excluding steroid dienone is 1. The average Bonchev–Trinajstić information content (AvgIpc) is 4.19. The van der Waals surface area contributed by atoms with Crippen LogP contribution in [0.2, 0.25) is 0 Å². The Morgan fingerprint density at radius 3 is 1.40 bits per heavy atom. The van der Waals surface area contributed by atoms with E-state index < -0.39 is 7.60 Å². The van der Waals surface area contributed by atoms with E-state index in [1.165, 1.54) is 27.8 Å². The summed E-state index contributed by atoms with van der Waals surface area (Å²) in [7, 11) is -3.08. The van der Waals surface area contributed by atoms with E-state index in [4.69, 9.17) is 49.5 Å². The van der Waals surface area contributed by atoms with Gasteiger partial charge in [-0.15, -0.1) is 0 Å². The maximum atomic E-state index is 12.2. The molecule has 4 aliphatic heterocycles. The maximum Gasteiger partial charge on any atom is 0.344 e. The van der Waals surface area contributed by atoms with Crippen molar-refractivity contribution < 1.29 is 65.0 Å². The number of nitrogens with zero attached hydrogens (tertiary/aromatic N) is 3. The molecule has 4 aliphatic rings. The Balaban J connectivity index is 0.000000167. The van der Waals surface area contributed by atoms with Crippen LogP contribution in [0.5, 0.6) is 23.0 Å². The maximum absolute atomic E-state index is 12.2. The largest absolute Gasteiger partial charge is 0.489 e. The van der Waals surface area contributed by atoms with Gasteiger partial charge in [-0.25, -0.2) is 0 Å². The molecule has 0 saturated carbocycles. The molecule has 1 radical (unpaired) electrons. The van der Waals surface area contributed by atoms with Gasteiger partial charge in [0.15, 0.2) is 5.78 Å². The second-order valence-corrected chi connectivity index (χ2v) is 20.8. The summed E-state index contributed by atoms with van der Waals surface area (Å²) < 4.78 is 44.2. The number of hydrogen-bond acceptors (Lipinski definition) is 12. The van der Waals surface area contributed by atoms with E-state index in [1.54, 1.807) is 32.1 Å².